The van der Waals surface area contributed by atoms with E-state index in [9.17, 15) is 4.79 Å². The molecule has 0 bridgehead atoms. The van der Waals surface area contributed by atoms with E-state index in [4.69, 9.17) is 4.42 Å². The van der Waals surface area contributed by atoms with Crippen molar-refractivity contribution in [3.05, 3.63) is 69.5 Å². The Bertz CT molecular complexity index is 836. The summed E-state index contributed by atoms with van der Waals surface area (Å²) in [5.41, 5.74) is 1.32. The molecule has 4 nitrogen and oxygen atoms in total. The lowest BCUT2D eigenvalue weighted by molar-refractivity contribution is -0.111. The maximum absolute atomic E-state index is 12.7. The summed E-state index contributed by atoms with van der Waals surface area (Å²) in [5, 5.41) is 3.41. The Hall–Kier alpha value is -2.18. The molecule has 23 heavy (non-hydrogen) atoms. The van der Waals surface area contributed by atoms with Gasteiger partial charge in [-0.3, -0.25) is 10.1 Å². The molecule has 0 fully saturated rings. The summed E-state index contributed by atoms with van der Waals surface area (Å²) in [6.07, 6.45) is 5.03. The van der Waals surface area contributed by atoms with Crippen LogP contribution in [0.15, 0.2) is 57.7 Å². The molecule has 0 aliphatic carbocycles. The first kappa shape index (κ1) is 15.7. The largest absolute Gasteiger partial charge is 0.465 e. The normalized spacial score (nSPS) is 11.5. The second kappa shape index (κ2) is 6.93. The molecule has 2 heterocycles. The first-order valence-corrected chi connectivity index (χ1v) is 8.48. The summed E-state index contributed by atoms with van der Waals surface area (Å²) in [5.74, 6) is 0.395. The number of aryl methyl sites for hydroxylation is 1. The third-order valence-electron chi connectivity index (χ3n) is 3.07. The number of carbonyl (C=O) groups excluding carboxylic acids is 1. The van der Waals surface area contributed by atoms with Crippen LogP contribution in [0.2, 0.25) is 0 Å². The molecule has 3 rings (SSSR count). The molecule has 0 saturated carbocycles. The van der Waals surface area contributed by atoms with Crippen LogP contribution in [-0.2, 0) is 4.79 Å². The predicted octanol–water partition coefficient (Wildman–Crippen LogP) is 4.99. The van der Waals surface area contributed by atoms with Crippen molar-refractivity contribution < 1.29 is 9.21 Å². The minimum Gasteiger partial charge on any atom is -0.465 e. The fourth-order valence-corrected chi connectivity index (χ4v) is 2.93. The van der Waals surface area contributed by atoms with Gasteiger partial charge in [0.1, 0.15) is 5.76 Å². The summed E-state index contributed by atoms with van der Waals surface area (Å²) >= 11 is 4.84. The molecular weight excluding hydrogens is 376 g/mol. The van der Waals surface area contributed by atoms with E-state index in [1.54, 1.807) is 30.7 Å². The van der Waals surface area contributed by atoms with Crippen molar-refractivity contribution in [1.29, 1.82) is 0 Å². The number of anilines is 1. The quantitative estimate of drug-likeness (QED) is 0.640. The Kier molecular flexibility index (Phi) is 4.73. The van der Waals surface area contributed by atoms with E-state index >= 15 is 0 Å². The van der Waals surface area contributed by atoms with Gasteiger partial charge in [-0.2, -0.15) is 0 Å². The molecule has 0 unspecified atom stereocenters. The monoisotopic (exact) mass is 388 g/mol. The van der Waals surface area contributed by atoms with E-state index in [-0.39, 0.29) is 5.91 Å². The number of carbonyl (C=O) groups is 1. The molecule has 1 amide bonds. The highest BCUT2D eigenvalue weighted by atomic mass is 79.9. The zero-order valence-corrected chi connectivity index (χ0v) is 14.6. The molecule has 0 radical (unpaired) electrons. The van der Waals surface area contributed by atoms with E-state index in [0.29, 0.717) is 16.5 Å². The number of rotatable bonds is 4. The van der Waals surface area contributed by atoms with Gasteiger partial charge >= 0.3 is 0 Å². The van der Waals surface area contributed by atoms with Crippen LogP contribution < -0.4 is 5.32 Å². The molecule has 3 aromatic rings. The van der Waals surface area contributed by atoms with Crippen molar-refractivity contribution >= 4 is 50.0 Å². The molecule has 0 aliphatic heterocycles. The second-order valence-electron chi connectivity index (χ2n) is 4.81. The lowest BCUT2D eigenvalue weighted by Crippen LogP contribution is -2.13. The number of nitrogens with zero attached hydrogens (tertiary/aromatic N) is 1. The number of aromatic nitrogens is 1. The summed E-state index contributed by atoms with van der Waals surface area (Å²) in [7, 11) is 0. The minimum atomic E-state index is -0.224. The number of nitrogens with one attached hydrogen (secondary N) is 1. The van der Waals surface area contributed by atoms with Crippen LogP contribution in [-0.4, -0.2) is 10.9 Å². The Morgan fingerprint density at radius 3 is 2.70 bits per heavy atom. The standard InChI is InChI=1S/C17H13BrN2O2S/c1-11-10-19-17(23-11)20-16(21)15(9-14-3-2-8-22-14)12-4-6-13(18)7-5-12/h2-10H,1H3,(H,19,20,21). The first-order valence-electron chi connectivity index (χ1n) is 6.87. The van der Waals surface area contributed by atoms with Crippen molar-refractivity contribution in [3.8, 4) is 0 Å². The van der Waals surface area contributed by atoms with E-state index in [2.05, 4.69) is 26.2 Å². The summed E-state index contributed by atoms with van der Waals surface area (Å²) in [6, 6.07) is 11.1. The summed E-state index contributed by atoms with van der Waals surface area (Å²) in [4.78, 5) is 17.9. The molecule has 1 N–H and O–H groups in total. The van der Waals surface area contributed by atoms with Crippen LogP contribution in [0.5, 0.6) is 0 Å². The van der Waals surface area contributed by atoms with Crippen LogP contribution >= 0.6 is 27.3 Å². The van der Waals surface area contributed by atoms with Gasteiger partial charge in [-0.25, -0.2) is 4.98 Å². The molecule has 6 heteroatoms. The van der Waals surface area contributed by atoms with Gasteiger partial charge in [0.05, 0.1) is 11.8 Å². The van der Waals surface area contributed by atoms with Gasteiger partial charge in [0.25, 0.3) is 5.91 Å². The fourth-order valence-electron chi connectivity index (χ4n) is 2.00. The molecule has 116 valence electrons. The third-order valence-corrected chi connectivity index (χ3v) is 4.43. The van der Waals surface area contributed by atoms with E-state index in [1.807, 2.05) is 31.2 Å². The summed E-state index contributed by atoms with van der Waals surface area (Å²) in [6.45, 7) is 1.95. The highest BCUT2D eigenvalue weighted by Gasteiger charge is 2.14. The van der Waals surface area contributed by atoms with Crippen LogP contribution in [0.3, 0.4) is 0 Å². The molecule has 0 spiro atoms. The highest BCUT2D eigenvalue weighted by molar-refractivity contribution is 9.10. The molecule has 0 atom stereocenters. The number of hydrogen-bond donors (Lipinski definition) is 1. The average molecular weight is 389 g/mol. The number of hydrogen-bond acceptors (Lipinski definition) is 4. The van der Waals surface area contributed by atoms with Gasteiger partial charge in [-0.05, 0) is 42.8 Å². The van der Waals surface area contributed by atoms with Crippen LogP contribution in [0.4, 0.5) is 5.13 Å². The molecule has 2 aromatic heterocycles. The Balaban J connectivity index is 1.94. The highest BCUT2D eigenvalue weighted by Crippen LogP contribution is 2.24. The van der Waals surface area contributed by atoms with E-state index in [1.165, 1.54) is 11.3 Å². The van der Waals surface area contributed by atoms with Gasteiger partial charge in [0, 0.05) is 15.5 Å². The number of amides is 1. The Morgan fingerprint density at radius 2 is 2.09 bits per heavy atom. The maximum atomic E-state index is 12.7. The average Bonchev–Trinajstić information content (AvgIpc) is 3.17. The van der Waals surface area contributed by atoms with Gasteiger partial charge in [-0.1, -0.05) is 28.1 Å². The zero-order chi connectivity index (χ0) is 16.2. The van der Waals surface area contributed by atoms with Gasteiger partial charge in [0.2, 0.25) is 0 Å². The van der Waals surface area contributed by atoms with Crippen LogP contribution in [0, 0.1) is 6.92 Å². The molecule has 0 aliphatic rings. The first-order chi connectivity index (χ1) is 11.1. The van der Waals surface area contributed by atoms with E-state index in [0.717, 1.165) is 14.9 Å². The Labute approximate surface area is 146 Å². The Morgan fingerprint density at radius 1 is 1.30 bits per heavy atom. The summed E-state index contributed by atoms with van der Waals surface area (Å²) < 4.78 is 6.29. The molecule has 0 saturated heterocycles. The topological polar surface area (TPSA) is 55.1 Å². The van der Waals surface area contributed by atoms with Crippen molar-refractivity contribution in [2.24, 2.45) is 0 Å². The van der Waals surface area contributed by atoms with Crippen molar-refractivity contribution in [2.45, 2.75) is 6.92 Å². The van der Waals surface area contributed by atoms with Gasteiger partial charge in [0.15, 0.2) is 5.13 Å². The lowest BCUT2D eigenvalue weighted by atomic mass is 10.0. The third kappa shape index (κ3) is 3.97. The maximum Gasteiger partial charge on any atom is 0.258 e. The number of benzene rings is 1. The van der Waals surface area contributed by atoms with Crippen molar-refractivity contribution in [1.82, 2.24) is 4.98 Å². The van der Waals surface area contributed by atoms with Crippen LogP contribution in [0.1, 0.15) is 16.2 Å². The molecule has 1 aromatic carbocycles. The zero-order valence-electron chi connectivity index (χ0n) is 12.2. The number of halogens is 1. The number of thiazole rings is 1. The smallest absolute Gasteiger partial charge is 0.258 e. The van der Waals surface area contributed by atoms with Gasteiger partial charge < -0.3 is 4.42 Å². The minimum absolute atomic E-state index is 0.224. The van der Waals surface area contributed by atoms with Crippen molar-refractivity contribution in [2.75, 3.05) is 5.32 Å². The second-order valence-corrected chi connectivity index (χ2v) is 6.96. The van der Waals surface area contributed by atoms with Crippen molar-refractivity contribution in [3.63, 3.8) is 0 Å². The molecular formula is C17H13BrN2O2S. The van der Waals surface area contributed by atoms with E-state index < -0.39 is 0 Å². The number of furan rings is 1. The fraction of sp³-hybridized carbons (Fsp3) is 0.0588. The van der Waals surface area contributed by atoms with Crippen LogP contribution in [0.25, 0.3) is 11.6 Å². The lowest BCUT2D eigenvalue weighted by Gasteiger charge is -2.07. The predicted molar refractivity (Wildman–Crippen MR) is 96.2 cm³/mol. The van der Waals surface area contributed by atoms with Gasteiger partial charge in [-0.15, -0.1) is 11.3 Å². The SMILES string of the molecule is Cc1cnc(NC(=O)C(=Cc2ccco2)c2ccc(Br)cc2)s1.